The average molecular weight is 341 g/mol. The van der Waals surface area contributed by atoms with Crippen molar-refractivity contribution >= 4 is 16.6 Å². The van der Waals surface area contributed by atoms with Crippen molar-refractivity contribution in [3.05, 3.63) is 95.9 Å². The molecule has 4 heteroatoms. The van der Waals surface area contributed by atoms with Crippen LogP contribution in [-0.4, -0.2) is 15.1 Å². The van der Waals surface area contributed by atoms with Crippen molar-refractivity contribution in [2.75, 3.05) is 5.32 Å². The fourth-order valence-corrected chi connectivity index (χ4v) is 3.18. The van der Waals surface area contributed by atoms with Crippen molar-refractivity contribution in [1.29, 1.82) is 0 Å². The van der Waals surface area contributed by atoms with Crippen molar-refractivity contribution < 1.29 is 5.11 Å². The zero-order valence-electron chi connectivity index (χ0n) is 14.4. The van der Waals surface area contributed by atoms with Crippen molar-refractivity contribution in [1.82, 2.24) is 9.97 Å². The van der Waals surface area contributed by atoms with Crippen LogP contribution in [0.25, 0.3) is 10.9 Å². The Hall–Kier alpha value is -3.40. The first-order valence-corrected chi connectivity index (χ1v) is 8.52. The zero-order valence-corrected chi connectivity index (χ0v) is 14.4. The van der Waals surface area contributed by atoms with Gasteiger partial charge in [0, 0.05) is 35.2 Å². The van der Waals surface area contributed by atoms with Gasteiger partial charge in [0.15, 0.2) is 0 Å². The van der Waals surface area contributed by atoms with E-state index in [1.54, 1.807) is 18.6 Å². The van der Waals surface area contributed by atoms with Crippen LogP contribution < -0.4 is 5.32 Å². The number of aromatic hydroxyl groups is 1. The summed E-state index contributed by atoms with van der Waals surface area (Å²) >= 11 is 0. The molecule has 2 N–H and O–H groups in total. The third-order valence-electron chi connectivity index (χ3n) is 4.46. The highest BCUT2D eigenvalue weighted by Crippen LogP contribution is 2.36. The molecule has 4 aromatic rings. The molecule has 128 valence electrons. The second-order valence-electron chi connectivity index (χ2n) is 6.31. The lowest BCUT2D eigenvalue weighted by Crippen LogP contribution is -2.13. The van der Waals surface area contributed by atoms with Gasteiger partial charge in [0.1, 0.15) is 11.3 Å². The van der Waals surface area contributed by atoms with Crippen molar-refractivity contribution in [3.8, 4) is 5.75 Å². The Morgan fingerprint density at radius 3 is 2.58 bits per heavy atom. The van der Waals surface area contributed by atoms with Gasteiger partial charge in [0.2, 0.25) is 0 Å². The number of nitrogens with zero attached hydrogens (tertiary/aromatic N) is 2. The minimum Gasteiger partial charge on any atom is -0.505 e. The van der Waals surface area contributed by atoms with Crippen molar-refractivity contribution in [2.45, 2.75) is 13.0 Å². The van der Waals surface area contributed by atoms with E-state index >= 15 is 0 Å². The molecule has 2 aromatic heterocycles. The minimum atomic E-state index is -0.216. The number of aryl methyl sites for hydroxylation is 1. The van der Waals surface area contributed by atoms with E-state index in [1.807, 2.05) is 48.5 Å². The molecule has 0 spiro atoms. The van der Waals surface area contributed by atoms with E-state index in [4.69, 9.17) is 0 Å². The molecule has 26 heavy (non-hydrogen) atoms. The number of aromatic nitrogens is 2. The molecule has 0 saturated carbocycles. The summed E-state index contributed by atoms with van der Waals surface area (Å²) < 4.78 is 0. The molecular formula is C22H19N3O. The van der Waals surface area contributed by atoms with E-state index in [-0.39, 0.29) is 11.8 Å². The van der Waals surface area contributed by atoms with E-state index < -0.39 is 0 Å². The normalized spacial score (nSPS) is 12.0. The Bertz CT molecular complexity index is 1050. The lowest BCUT2D eigenvalue weighted by Gasteiger charge is -2.22. The molecule has 0 unspecified atom stereocenters. The molecule has 4 rings (SSSR count). The zero-order chi connectivity index (χ0) is 17.9. The monoisotopic (exact) mass is 341 g/mol. The Balaban J connectivity index is 1.84. The minimum absolute atomic E-state index is 0.199. The number of benzene rings is 2. The first kappa shape index (κ1) is 16.1. The van der Waals surface area contributed by atoms with Gasteiger partial charge in [0.25, 0.3) is 0 Å². The summed E-state index contributed by atoms with van der Waals surface area (Å²) in [6, 6.07) is 19.6. The molecule has 2 aromatic carbocycles. The molecule has 0 aliphatic heterocycles. The number of phenols is 1. The van der Waals surface area contributed by atoms with Gasteiger partial charge in [-0.1, -0.05) is 30.3 Å². The van der Waals surface area contributed by atoms with Gasteiger partial charge in [-0.2, -0.15) is 0 Å². The first-order valence-electron chi connectivity index (χ1n) is 8.52. The Morgan fingerprint density at radius 1 is 0.923 bits per heavy atom. The highest BCUT2D eigenvalue weighted by atomic mass is 16.3. The number of anilines is 1. The van der Waals surface area contributed by atoms with Gasteiger partial charge in [-0.25, -0.2) is 0 Å². The predicted molar refractivity (Wildman–Crippen MR) is 104 cm³/mol. The second kappa shape index (κ2) is 6.84. The van der Waals surface area contributed by atoms with E-state index in [1.165, 1.54) is 5.56 Å². The van der Waals surface area contributed by atoms with Gasteiger partial charge in [-0.3, -0.25) is 9.97 Å². The fourth-order valence-electron chi connectivity index (χ4n) is 3.18. The van der Waals surface area contributed by atoms with Crippen LogP contribution in [0.4, 0.5) is 5.69 Å². The van der Waals surface area contributed by atoms with Gasteiger partial charge in [-0.15, -0.1) is 0 Å². The summed E-state index contributed by atoms with van der Waals surface area (Å²) in [5.74, 6) is 0.199. The van der Waals surface area contributed by atoms with Crippen molar-refractivity contribution in [3.63, 3.8) is 0 Å². The topological polar surface area (TPSA) is 58.0 Å². The van der Waals surface area contributed by atoms with Crippen LogP contribution in [0, 0.1) is 6.92 Å². The average Bonchev–Trinajstić information content (AvgIpc) is 2.68. The standard InChI is InChI=1S/C22H19N3O/c1-15-4-2-6-18(14-15)25-20(17-9-12-23-13-10-17)19-8-7-16-5-3-11-24-21(16)22(19)26/h2-14,20,25-26H,1H3/t20-/m1/s1. The first-order chi connectivity index (χ1) is 12.7. The summed E-state index contributed by atoms with van der Waals surface area (Å²) in [7, 11) is 0. The number of nitrogens with one attached hydrogen (secondary N) is 1. The molecule has 0 amide bonds. The Morgan fingerprint density at radius 2 is 1.77 bits per heavy atom. The maximum atomic E-state index is 10.9. The molecule has 4 nitrogen and oxygen atoms in total. The number of pyridine rings is 2. The number of rotatable bonds is 4. The van der Waals surface area contributed by atoms with Crippen LogP contribution in [0.15, 0.2) is 79.3 Å². The van der Waals surface area contributed by atoms with Crippen LogP contribution in [-0.2, 0) is 0 Å². The molecule has 0 aliphatic carbocycles. The number of fused-ring (bicyclic) bond motifs is 1. The fraction of sp³-hybridized carbons (Fsp3) is 0.0909. The maximum Gasteiger partial charge on any atom is 0.147 e. The van der Waals surface area contributed by atoms with Crippen LogP contribution in [0.1, 0.15) is 22.7 Å². The maximum absolute atomic E-state index is 10.9. The van der Waals surface area contributed by atoms with Crippen LogP contribution in [0.3, 0.4) is 0 Å². The third kappa shape index (κ3) is 3.09. The molecular weight excluding hydrogens is 322 g/mol. The van der Waals surface area contributed by atoms with Crippen molar-refractivity contribution in [2.24, 2.45) is 0 Å². The Labute approximate surface area is 152 Å². The van der Waals surface area contributed by atoms with Crippen LogP contribution >= 0.6 is 0 Å². The molecule has 0 bridgehead atoms. The summed E-state index contributed by atoms with van der Waals surface area (Å²) in [6.07, 6.45) is 5.22. The van der Waals surface area contributed by atoms with E-state index in [0.717, 1.165) is 22.2 Å². The van der Waals surface area contributed by atoms with E-state index in [0.29, 0.717) is 5.52 Å². The Kier molecular flexibility index (Phi) is 4.23. The lowest BCUT2D eigenvalue weighted by atomic mass is 9.96. The van der Waals surface area contributed by atoms with Crippen LogP contribution in [0.5, 0.6) is 5.75 Å². The smallest absolute Gasteiger partial charge is 0.147 e. The second-order valence-corrected chi connectivity index (χ2v) is 6.31. The lowest BCUT2D eigenvalue weighted by molar-refractivity contribution is 0.472. The quantitative estimate of drug-likeness (QED) is 0.557. The van der Waals surface area contributed by atoms with E-state index in [2.05, 4.69) is 34.3 Å². The molecule has 0 saturated heterocycles. The molecule has 0 aliphatic rings. The predicted octanol–water partition coefficient (Wildman–Crippen LogP) is 4.85. The van der Waals surface area contributed by atoms with Crippen LogP contribution in [0.2, 0.25) is 0 Å². The third-order valence-corrected chi connectivity index (χ3v) is 4.46. The summed E-state index contributed by atoms with van der Waals surface area (Å²) in [4.78, 5) is 8.46. The number of hydrogen-bond donors (Lipinski definition) is 2. The molecule has 0 radical (unpaired) electrons. The highest BCUT2D eigenvalue weighted by Gasteiger charge is 2.20. The van der Waals surface area contributed by atoms with E-state index in [9.17, 15) is 5.11 Å². The number of hydrogen-bond acceptors (Lipinski definition) is 4. The molecule has 2 heterocycles. The summed E-state index contributed by atoms with van der Waals surface area (Å²) in [5.41, 5.74) is 4.58. The summed E-state index contributed by atoms with van der Waals surface area (Å²) in [6.45, 7) is 2.06. The van der Waals surface area contributed by atoms with Gasteiger partial charge < -0.3 is 10.4 Å². The molecule has 0 fully saturated rings. The SMILES string of the molecule is Cc1cccc(N[C@H](c2ccncc2)c2ccc3cccnc3c2O)c1. The largest absolute Gasteiger partial charge is 0.505 e. The highest BCUT2D eigenvalue weighted by molar-refractivity contribution is 5.86. The van der Waals surface area contributed by atoms with Gasteiger partial charge >= 0.3 is 0 Å². The summed E-state index contributed by atoms with van der Waals surface area (Å²) in [5, 5.41) is 15.4. The van der Waals surface area contributed by atoms with Gasteiger partial charge in [0.05, 0.1) is 6.04 Å². The van der Waals surface area contributed by atoms with Gasteiger partial charge in [-0.05, 0) is 48.4 Å². The number of phenolic OH excluding ortho intramolecular Hbond substituents is 1. The molecule has 1 atom stereocenters.